The number of hydrogen-bond acceptors (Lipinski definition) is 3. The average molecular weight is 293 g/mol. The van der Waals surface area contributed by atoms with Gasteiger partial charge in [-0.1, -0.05) is 19.8 Å². The monoisotopic (exact) mass is 293 g/mol. The molecule has 0 amide bonds. The number of nitrogens with one attached hydrogen (secondary N) is 1. The Kier molecular flexibility index (Phi) is 6.12. The van der Waals surface area contributed by atoms with Crippen LogP contribution in [0.5, 0.6) is 0 Å². The van der Waals surface area contributed by atoms with Crippen LogP contribution in [0, 0.1) is 17.7 Å². The molecule has 1 aliphatic rings. The van der Waals surface area contributed by atoms with Gasteiger partial charge in [-0.3, -0.25) is 4.98 Å². The van der Waals surface area contributed by atoms with E-state index in [1.165, 1.54) is 44.5 Å². The molecule has 1 saturated carbocycles. The Balaban J connectivity index is 1.89. The molecule has 2 rings (SSSR count). The van der Waals surface area contributed by atoms with Gasteiger partial charge in [-0.05, 0) is 50.9 Å². The van der Waals surface area contributed by atoms with Crippen molar-refractivity contribution in [2.75, 3.05) is 27.2 Å². The summed E-state index contributed by atoms with van der Waals surface area (Å²) in [5.74, 6) is 1.03. The third-order valence-electron chi connectivity index (χ3n) is 4.59. The summed E-state index contributed by atoms with van der Waals surface area (Å²) in [4.78, 5) is 6.66. The Morgan fingerprint density at radius 1 is 1.38 bits per heavy atom. The van der Waals surface area contributed by atoms with E-state index in [0.717, 1.165) is 18.2 Å². The SMILES string of the molecule is CNC(c1ccc(F)cn1)C(C)CN(C)CC1CCCC1. The topological polar surface area (TPSA) is 28.2 Å². The Hall–Kier alpha value is -1.00. The molecule has 118 valence electrons. The lowest BCUT2D eigenvalue weighted by atomic mass is 9.97. The quantitative estimate of drug-likeness (QED) is 0.836. The lowest BCUT2D eigenvalue weighted by Crippen LogP contribution is -2.35. The highest BCUT2D eigenvalue weighted by Crippen LogP contribution is 2.26. The first kappa shape index (κ1) is 16.4. The van der Waals surface area contributed by atoms with Gasteiger partial charge in [-0.25, -0.2) is 4.39 Å². The molecule has 0 aromatic carbocycles. The molecule has 0 saturated heterocycles. The molecule has 0 radical (unpaired) electrons. The summed E-state index contributed by atoms with van der Waals surface area (Å²) in [6, 6.07) is 3.43. The molecule has 0 aliphatic heterocycles. The van der Waals surface area contributed by atoms with Crippen molar-refractivity contribution in [3.8, 4) is 0 Å². The van der Waals surface area contributed by atoms with E-state index in [2.05, 4.69) is 29.2 Å². The molecule has 1 aliphatic carbocycles. The van der Waals surface area contributed by atoms with Crippen molar-refractivity contribution < 1.29 is 4.39 Å². The van der Waals surface area contributed by atoms with E-state index in [1.807, 2.05) is 7.05 Å². The number of rotatable bonds is 7. The van der Waals surface area contributed by atoms with E-state index in [4.69, 9.17) is 0 Å². The van der Waals surface area contributed by atoms with E-state index in [1.54, 1.807) is 6.07 Å². The highest BCUT2D eigenvalue weighted by atomic mass is 19.1. The van der Waals surface area contributed by atoms with E-state index < -0.39 is 0 Å². The molecule has 0 spiro atoms. The highest BCUT2D eigenvalue weighted by molar-refractivity contribution is 5.10. The first-order chi connectivity index (χ1) is 10.1. The van der Waals surface area contributed by atoms with Crippen LogP contribution in [0.4, 0.5) is 4.39 Å². The predicted molar refractivity (Wildman–Crippen MR) is 84.6 cm³/mol. The molecule has 2 unspecified atom stereocenters. The summed E-state index contributed by atoms with van der Waals surface area (Å²) in [5, 5.41) is 3.32. The molecule has 1 heterocycles. The van der Waals surface area contributed by atoms with Crippen molar-refractivity contribution in [1.82, 2.24) is 15.2 Å². The van der Waals surface area contributed by atoms with Crippen LogP contribution in [0.1, 0.15) is 44.3 Å². The standard InChI is InChI=1S/C17H28FN3/c1-13(11-21(3)12-14-6-4-5-7-14)17(19-2)16-9-8-15(18)10-20-16/h8-10,13-14,17,19H,4-7,11-12H2,1-3H3. The summed E-state index contributed by atoms with van der Waals surface area (Å²) >= 11 is 0. The third kappa shape index (κ3) is 4.75. The maximum Gasteiger partial charge on any atom is 0.141 e. The smallest absolute Gasteiger partial charge is 0.141 e. The van der Waals surface area contributed by atoms with Crippen LogP contribution < -0.4 is 5.32 Å². The molecule has 4 heteroatoms. The van der Waals surface area contributed by atoms with Gasteiger partial charge in [-0.15, -0.1) is 0 Å². The Morgan fingerprint density at radius 3 is 2.67 bits per heavy atom. The van der Waals surface area contributed by atoms with Gasteiger partial charge in [0, 0.05) is 13.1 Å². The number of aromatic nitrogens is 1. The van der Waals surface area contributed by atoms with Gasteiger partial charge in [-0.2, -0.15) is 0 Å². The fourth-order valence-electron chi connectivity index (χ4n) is 3.60. The minimum Gasteiger partial charge on any atom is -0.311 e. The number of hydrogen-bond donors (Lipinski definition) is 1. The second-order valence-corrected chi connectivity index (χ2v) is 6.52. The van der Waals surface area contributed by atoms with Gasteiger partial charge in [0.2, 0.25) is 0 Å². The molecule has 1 N–H and O–H groups in total. The van der Waals surface area contributed by atoms with Crippen molar-refractivity contribution >= 4 is 0 Å². The van der Waals surface area contributed by atoms with Crippen LogP contribution >= 0.6 is 0 Å². The van der Waals surface area contributed by atoms with Crippen LogP contribution in [-0.2, 0) is 0 Å². The first-order valence-electron chi connectivity index (χ1n) is 8.07. The van der Waals surface area contributed by atoms with E-state index in [-0.39, 0.29) is 11.9 Å². The summed E-state index contributed by atoms with van der Waals surface area (Å²) in [6.45, 7) is 4.45. The Bertz CT molecular complexity index is 415. The van der Waals surface area contributed by atoms with Gasteiger partial charge in [0.15, 0.2) is 0 Å². The summed E-state index contributed by atoms with van der Waals surface area (Å²) in [7, 11) is 4.16. The molecule has 3 nitrogen and oxygen atoms in total. The van der Waals surface area contributed by atoms with Gasteiger partial charge in [0.1, 0.15) is 5.82 Å². The molecule has 0 bridgehead atoms. The summed E-state index contributed by atoms with van der Waals surface area (Å²) in [5.41, 5.74) is 0.917. The van der Waals surface area contributed by atoms with E-state index in [9.17, 15) is 4.39 Å². The van der Waals surface area contributed by atoms with Crippen LogP contribution in [-0.4, -0.2) is 37.1 Å². The first-order valence-corrected chi connectivity index (χ1v) is 8.07. The Morgan fingerprint density at radius 2 is 2.10 bits per heavy atom. The van der Waals surface area contributed by atoms with Crippen molar-refractivity contribution in [3.63, 3.8) is 0 Å². The summed E-state index contributed by atoms with van der Waals surface area (Å²) in [6.07, 6.45) is 6.86. The van der Waals surface area contributed by atoms with Gasteiger partial charge < -0.3 is 10.2 Å². The third-order valence-corrected chi connectivity index (χ3v) is 4.59. The van der Waals surface area contributed by atoms with Crippen molar-refractivity contribution in [3.05, 3.63) is 29.8 Å². The van der Waals surface area contributed by atoms with Crippen molar-refractivity contribution in [1.29, 1.82) is 0 Å². The normalized spacial score (nSPS) is 19.1. The van der Waals surface area contributed by atoms with Gasteiger partial charge in [0.05, 0.1) is 17.9 Å². The lowest BCUT2D eigenvalue weighted by Gasteiger charge is -2.29. The Labute approximate surface area is 127 Å². The zero-order valence-corrected chi connectivity index (χ0v) is 13.5. The maximum absolute atomic E-state index is 13.0. The zero-order valence-electron chi connectivity index (χ0n) is 13.5. The minimum atomic E-state index is -0.278. The second kappa shape index (κ2) is 7.85. The highest BCUT2D eigenvalue weighted by Gasteiger charge is 2.22. The molecule has 1 fully saturated rings. The van der Waals surface area contributed by atoms with Crippen LogP contribution in [0.15, 0.2) is 18.3 Å². The minimum absolute atomic E-state index is 0.164. The van der Waals surface area contributed by atoms with Crippen LogP contribution in [0.2, 0.25) is 0 Å². The zero-order chi connectivity index (χ0) is 15.2. The molecule has 2 atom stereocenters. The van der Waals surface area contributed by atoms with Crippen molar-refractivity contribution in [2.24, 2.45) is 11.8 Å². The maximum atomic E-state index is 13.0. The molecule has 1 aromatic rings. The average Bonchev–Trinajstić information content (AvgIpc) is 2.94. The van der Waals surface area contributed by atoms with Crippen LogP contribution in [0.3, 0.4) is 0 Å². The van der Waals surface area contributed by atoms with Crippen molar-refractivity contribution in [2.45, 2.75) is 38.6 Å². The molecular weight excluding hydrogens is 265 g/mol. The van der Waals surface area contributed by atoms with E-state index >= 15 is 0 Å². The fraction of sp³-hybridized carbons (Fsp3) is 0.706. The lowest BCUT2D eigenvalue weighted by molar-refractivity contribution is 0.220. The molecule has 21 heavy (non-hydrogen) atoms. The van der Waals surface area contributed by atoms with Gasteiger partial charge >= 0.3 is 0 Å². The largest absolute Gasteiger partial charge is 0.311 e. The predicted octanol–water partition coefficient (Wildman–Crippen LogP) is 3.24. The number of nitrogens with zero attached hydrogens (tertiary/aromatic N) is 2. The van der Waals surface area contributed by atoms with Crippen LogP contribution in [0.25, 0.3) is 0 Å². The molecule has 1 aromatic heterocycles. The van der Waals surface area contributed by atoms with E-state index in [0.29, 0.717) is 5.92 Å². The second-order valence-electron chi connectivity index (χ2n) is 6.52. The summed E-state index contributed by atoms with van der Waals surface area (Å²) < 4.78 is 13.0. The number of pyridine rings is 1. The number of halogens is 1. The fourth-order valence-corrected chi connectivity index (χ4v) is 3.60. The molecular formula is C17H28FN3. The van der Waals surface area contributed by atoms with Gasteiger partial charge in [0.25, 0.3) is 0 Å².